The monoisotopic (exact) mass is 479 g/mol. The van der Waals surface area contributed by atoms with Crippen molar-refractivity contribution in [3.63, 3.8) is 0 Å². The molecule has 0 bridgehead atoms. The SMILES string of the molecule is C(#Cc1ccc(-c2ccc(N(c3ccccc3)c3ccccc3)cc2)c2nsnc12)c1ccccc1. The van der Waals surface area contributed by atoms with Crippen molar-refractivity contribution in [1.29, 1.82) is 0 Å². The van der Waals surface area contributed by atoms with Crippen LogP contribution in [0.25, 0.3) is 22.2 Å². The van der Waals surface area contributed by atoms with Gasteiger partial charge in [0.2, 0.25) is 0 Å². The van der Waals surface area contributed by atoms with E-state index < -0.39 is 0 Å². The molecule has 0 saturated carbocycles. The predicted molar refractivity (Wildman–Crippen MR) is 150 cm³/mol. The van der Waals surface area contributed by atoms with E-state index in [0.29, 0.717) is 0 Å². The molecule has 0 atom stereocenters. The van der Waals surface area contributed by atoms with E-state index in [1.54, 1.807) is 0 Å². The zero-order chi connectivity index (χ0) is 24.2. The number of aromatic nitrogens is 2. The molecular formula is C32H21N3S. The fraction of sp³-hybridized carbons (Fsp3) is 0. The van der Waals surface area contributed by atoms with Crippen LogP contribution in [0, 0.1) is 11.8 Å². The number of hydrogen-bond acceptors (Lipinski definition) is 4. The minimum absolute atomic E-state index is 0.847. The molecule has 6 aromatic rings. The van der Waals surface area contributed by atoms with E-state index in [9.17, 15) is 0 Å². The third-order valence-corrected chi connectivity index (χ3v) is 6.52. The van der Waals surface area contributed by atoms with E-state index in [-0.39, 0.29) is 0 Å². The van der Waals surface area contributed by atoms with Crippen LogP contribution in [0.2, 0.25) is 0 Å². The summed E-state index contributed by atoms with van der Waals surface area (Å²) in [4.78, 5) is 2.26. The van der Waals surface area contributed by atoms with E-state index in [0.717, 1.165) is 50.3 Å². The summed E-state index contributed by atoms with van der Waals surface area (Å²) in [6.45, 7) is 0. The first-order valence-electron chi connectivity index (χ1n) is 11.7. The maximum Gasteiger partial charge on any atom is 0.121 e. The van der Waals surface area contributed by atoms with Crippen LogP contribution in [0.4, 0.5) is 17.1 Å². The summed E-state index contributed by atoms with van der Waals surface area (Å²) in [6.07, 6.45) is 0. The van der Waals surface area contributed by atoms with Crippen molar-refractivity contribution in [2.45, 2.75) is 0 Å². The Bertz CT molecular complexity index is 1620. The molecular weight excluding hydrogens is 458 g/mol. The topological polar surface area (TPSA) is 29.0 Å². The van der Waals surface area contributed by atoms with Gasteiger partial charge in [0.15, 0.2) is 0 Å². The standard InChI is InChI=1S/C32H21N3S/c1-4-10-24(11-5-1)16-17-26-20-23-30(32-31(26)33-36-34-32)25-18-21-29(22-19-25)35(27-12-6-2-7-13-27)28-14-8-3-9-15-28/h1-15,18-23H. The number of hydrogen-bond donors (Lipinski definition) is 0. The van der Waals surface area contributed by atoms with Crippen molar-refractivity contribution in [3.05, 3.63) is 139 Å². The zero-order valence-electron chi connectivity index (χ0n) is 19.4. The first kappa shape index (κ1) is 21.8. The second kappa shape index (κ2) is 9.87. The van der Waals surface area contributed by atoms with Crippen LogP contribution in [0.15, 0.2) is 127 Å². The predicted octanol–water partition coefficient (Wildman–Crippen LogP) is 8.23. The summed E-state index contributed by atoms with van der Waals surface area (Å²) < 4.78 is 9.18. The Morgan fingerprint density at radius 1 is 0.500 bits per heavy atom. The highest BCUT2D eigenvalue weighted by atomic mass is 32.1. The maximum atomic E-state index is 4.62. The fourth-order valence-corrected chi connectivity index (χ4v) is 4.83. The van der Waals surface area contributed by atoms with Gasteiger partial charge in [0, 0.05) is 28.2 Å². The lowest BCUT2D eigenvalue weighted by atomic mass is 10.0. The van der Waals surface area contributed by atoms with Crippen LogP contribution in [-0.4, -0.2) is 8.75 Å². The molecule has 3 nitrogen and oxygen atoms in total. The van der Waals surface area contributed by atoms with E-state index in [1.165, 1.54) is 11.7 Å². The third kappa shape index (κ3) is 4.36. The summed E-state index contributed by atoms with van der Waals surface area (Å²) in [5.41, 5.74) is 9.08. The van der Waals surface area contributed by atoms with Crippen molar-refractivity contribution < 1.29 is 0 Å². The van der Waals surface area contributed by atoms with Crippen LogP contribution in [0.5, 0.6) is 0 Å². The number of rotatable bonds is 4. The lowest BCUT2D eigenvalue weighted by Crippen LogP contribution is -2.09. The van der Waals surface area contributed by atoms with E-state index >= 15 is 0 Å². The molecule has 36 heavy (non-hydrogen) atoms. The van der Waals surface area contributed by atoms with Crippen molar-refractivity contribution in [2.75, 3.05) is 4.90 Å². The van der Waals surface area contributed by atoms with Gasteiger partial charge in [-0.15, -0.1) is 0 Å². The minimum atomic E-state index is 0.847. The van der Waals surface area contributed by atoms with Gasteiger partial charge in [-0.05, 0) is 60.2 Å². The second-order valence-corrected chi connectivity index (χ2v) is 8.82. The van der Waals surface area contributed by atoms with Gasteiger partial charge in [-0.25, -0.2) is 0 Å². The van der Waals surface area contributed by atoms with Crippen molar-refractivity contribution >= 4 is 39.8 Å². The highest BCUT2D eigenvalue weighted by Crippen LogP contribution is 2.36. The Morgan fingerprint density at radius 2 is 1.06 bits per heavy atom. The van der Waals surface area contributed by atoms with Crippen molar-refractivity contribution in [2.24, 2.45) is 0 Å². The molecule has 0 aliphatic rings. The molecule has 0 N–H and O–H groups in total. The van der Waals surface area contributed by atoms with Gasteiger partial charge in [0.05, 0.1) is 17.3 Å². The summed E-state index contributed by atoms with van der Waals surface area (Å²) in [7, 11) is 0. The number of para-hydroxylation sites is 2. The van der Waals surface area contributed by atoms with E-state index in [2.05, 4.69) is 104 Å². The van der Waals surface area contributed by atoms with Crippen molar-refractivity contribution in [1.82, 2.24) is 8.75 Å². The molecule has 5 aromatic carbocycles. The average molecular weight is 480 g/mol. The molecule has 1 aromatic heterocycles. The van der Waals surface area contributed by atoms with E-state index in [4.69, 9.17) is 0 Å². The lowest BCUT2D eigenvalue weighted by Gasteiger charge is -2.25. The Balaban J connectivity index is 1.37. The summed E-state index contributed by atoms with van der Waals surface area (Å²) in [5, 5.41) is 0. The Morgan fingerprint density at radius 3 is 1.69 bits per heavy atom. The van der Waals surface area contributed by atoms with Crippen LogP contribution >= 0.6 is 11.7 Å². The normalized spacial score (nSPS) is 10.6. The average Bonchev–Trinajstić information content (AvgIpc) is 3.45. The Labute approximate surface area is 214 Å². The van der Waals surface area contributed by atoms with Crippen molar-refractivity contribution in [3.8, 4) is 23.0 Å². The minimum Gasteiger partial charge on any atom is -0.311 e. The summed E-state index contributed by atoms with van der Waals surface area (Å²) >= 11 is 1.22. The molecule has 0 spiro atoms. The van der Waals surface area contributed by atoms with Gasteiger partial charge in [-0.1, -0.05) is 84.6 Å². The van der Waals surface area contributed by atoms with Gasteiger partial charge < -0.3 is 4.90 Å². The fourth-order valence-electron chi connectivity index (χ4n) is 4.25. The van der Waals surface area contributed by atoms with Gasteiger partial charge in [0.25, 0.3) is 0 Å². The lowest BCUT2D eigenvalue weighted by molar-refractivity contribution is 1.28. The molecule has 4 heteroatoms. The number of benzene rings is 5. The molecule has 0 radical (unpaired) electrons. The zero-order valence-corrected chi connectivity index (χ0v) is 20.2. The highest BCUT2D eigenvalue weighted by Gasteiger charge is 2.14. The molecule has 1 heterocycles. The molecule has 0 fully saturated rings. The molecule has 6 rings (SSSR count). The molecule has 0 amide bonds. The van der Waals surface area contributed by atoms with Gasteiger partial charge >= 0.3 is 0 Å². The smallest absolute Gasteiger partial charge is 0.121 e. The molecule has 0 saturated heterocycles. The Kier molecular flexibility index (Phi) is 5.98. The first-order valence-corrected chi connectivity index (χ1v) is 12.4. The molecule has 170 valence electrons. The van der Waals surface area contributed by atoms with Gasteiger partial charge in [-0.2, -0.15) is 8.75 Å². The highest BCUT2D eigenvalue weighted by molar-refractivity contribution is 7.00. The van der Waals surface area contributed by atoms with Crippen LogP contribution in [0.3, 0.4) is 0 Å². The Hall–Kier alpha value is -4.72. The maximum absolute atomic E-state index is 4.62. The second-order valence-electron chi connectivity index (χ2n) is 8.29. The molecule has 0 aliphatic carbocycles. The van der Waals surface area contributed by atoms with Crippen LogP contribution in [-0.2, 0) is 0 Å². The first-order chi connectivity index (χ1) is 17.9. The van der Waals surface area contributed by atoms with Crippen LogP contribution < -0.4 is 4.90 Å². The van der Waals surface area contributed by atoms with Gasteiger partial charge in [-0.3, -0.25) is 0 Å². The van der Waals surface area contributed by atoms with Gasteiger partial charge in [0.1, 0.15) is 11.0 Å². The summed E-state index contributed by atoms with van der Waals surface area (Å²) in [6, 6.07) is 43.6. The number of fused-ring (bicyclic) bond motifs is 1. The van der Waals surface area contributed by atoms with Crippen LogP contribution in [0.1, 0.15) is 11.1 Å². The molecule has 0 aliphatic heterocycles. The summed E-state index contributed by atoms with van der Waals surface area (Å²) in [5.74, 6) is 6.51. The number of nitrogens with zero attached hydrogens (tertiary/aromatic N) is 3. The molecule has 0 unspecified atom stereocenters. The number of anilines is 3. The quantitative estimate of drug-likeness (QED) is 0.239. The largest absolute Gasteiger partial charge is 0.311 e. The van der Waals surface area contributed by atoms with E-state index in [1.807, 2.05) is 48.5 Å². The third-order valence-electron chi connectivity index (χ3n) is 6.00.